The fourth-order valence-corrected chi connectivity index (χ4v) is 4.31. The highest BCUT2D eigenvalue weighted by Gasteiger charge is 2.38. The van der Waals surface area contributed by atoms with Crippen molar-refractivity contribution in [2.45, 2.75) is 136 Å². The highest BCUT2D eigenvalue weighted by Crippen LogP contribution is 2.37. The van der Waals surface area contributed by atoms with Gasteiger partial charge in [0.25, 0.3) is 0 Å². The summed E-state index contributed by atoms with van der Waals surface area (Å²) in [4.78, 5) is 15.1. The van der Waals surface area contributed by atoms with Crippen LogP contribution < -0.4 is 0 Å². The molecular formula is C26H54N2O4SSi. The highest BCUT2D eigenvalue weighted by molar-refractivity contribution is 7.85. The second-order valence-electron chi connectivity index (χ2n) is 13.2. The largest absolute Gasteiger partial charge is 0.444 e. The first-order chi connectivity index (χ1) is 15.2. The third kappa shape index (κ3) is 13.4. The molecule has 0 unspecified atom stereocenters. The zero-order chi connectivity index (χ0) is 27.0. The van der Waals surface area contributed by atoms with Gasteiger partial charge in [0.1, 0.15) is 16.6 Å². The average molecular weight is 519 g/mol. The van der Waals surface area contributed by atoms with Crippen molar-refractivity contribution < 1.29 is 18.2 Å². The van der Waals surface area contributed by atoms with Crippen LogP contribution in [0.5, 0.6) is 0 Å². The topological polar surface area (TPSA) is 68.2 Å². The van der Waals surface area contributed by atoms with Crippen molar-refractivity contribution in [3.8, 4) is 0 Å². The Kier molecular flexibility index (Phi) is 13.2. The third-order valence-corrected chi connectivity index (χ3v) is 11.9. The molecule has 0 aliphatic heterocycles. The highest BCUT2D eigenvalue weighted by atomic mass is 32.2. The summed E-state index contributed by atoms with van der Waals surface area (Å²) in [6, 6.07) is -0.0794. The van der Waals surface area contributed by atoms with Crippen molar-refractivity contribution in [2.75, 3.05) is 13.2 Å². The van der Waals surface area contributed by atoms with E-state index >= 15 is 0 Å². The van der Waals surface area contributed by atoms with Crippen LogP contribution in [0.3, 0.4) is 0 Å². The van der Waals surface area contributed by atoms with Crippen LogP contribution in [-0.2, 0) is 20.1 Å². The molecule has 0 N–H and O–H groups in total. The molecule has 0 spiro atoms. The molecule has 34 heavy (non-hydrogen) atoms. The summed E-state index contributed by atoms with van der Waals surface area (Å²) in [5.41, 5.74) is -0.554. The predicted molar refractivity (Wildman–Crippen MR) is 150 cm³/mol. The molecule has 0 radical (unpaired) electrons. The molecule has 0 saturated heterocycles. The average Bonchev–Trinajstić information content (AvgIpc) is 2.61. The van der Waals surface area contributed by atoms with Gasteiger partial charge in [-0.3, -0.25) is 0 Å². The molecule has 1 amide bonds. The molecule has 8 heteroatoms. The standard InChI is InChI=1S/C26H54N2O4SSi/c1-21(2)17-19-28(23(29)32-24(3,4)5)22(20-31-34(12,13)26(9,10)11)16-14-15-18-27-33(30)25(6,7)8/h18,21-22H,14-17,19-20H2,1-13H3/t22-,33+/m0/s1. The lowest BCUT2D eigenvalue weighted by Gasteiger charge is -2.40. The smallest absolute Gasteiger partial charge is 0.410 e. The Bertz CT molecular complexity index is 674. The van der Waals surface area contributed by atoms with Crippen molar-refractivity contribution in [3.63, 3.8) is 0 Å². The van der Waals surface area contributed by atoms with Crippen molar-refractivity contribution in [3.05, 3.63) is 0 Å². The van der Waals surface area contributed by atoms with E-state index in [2.05, 4.69) is 52.1 Å². The molecule has 0 saturated carbocycles. The molecule has 0 bridgehead atoms. The molecule has 0 fully saturated rings. The predicted octanol–water partition coefficient (Wildman–Crippen LogP) is 7.36. The van der Waals surface area contributed by atoms with Crippen LogP contribution in [0.15, 0.2) is 4.40 Å². The van der Waals surface area contributed by atoms with Gasteiger partial charge in [-0.25, -0.2) is 9.00 Å². The molecule has 2 atom stereocenters. The Balaban J connectivity index is 5.61. The lowest BCUT2D eigenvalue weighted by atomic mass is 10.1. The molecule has 202 valence electrons. The normalized spacial score (nSPS) is 15.6. The molecule has 0 aromatic heterocycles. The maximum absolute atomic E-state index is 13.2. The zero-order valence-electron chi connectivity index (χ0n) is 24.4. The zero-order valence-corrected chi connectivity index (χ0v) is 26.2. The van der Waals surface area contributed by atoms with Gasteiger partial charge in [-0.05, 0) is 91.3 Å². The maximum Gasteiger partial charge on any atom is 0.410 e. The van der Waals surface area contributed by atoms with Crippen LogP contribution in [0.1, 0.15) is 102 Å². The molecule has 0 aromatic carbocycles. The maximum atomic E-state index is 13.2. The Hall–Kier alpha value is -0.733. The number of carbonyl (C=O) groups is 1. The van der Waals surface area contributed by atoms with Crippen LogP contribution in [0.25, 0.3) is 0 Å². The minimum atomic E-state index is -1.98. The van der Waals surface area contributed by atoms with E-state index in [4.69, 9.17) is 9.16 Å². The SMILES string of the molecule is CC(C)CCN(C(=O)OC(C)(C)C)[C@@H](CCCC=N[S@](=O)C(C)(C)C)CO[Si](C)(C)C(C)(C)C. The number of nitrogens with zero attached hydrogens (tertiary/aromatic N) is 2. The van der Waals surface area contributed by atoms with Crippen molar-refractivity contribution >= 4 is 31.6 Å². The number of hydrogen-bond acceptors (Lipinski definition) is 4. The van der Waals surface area contributed by atoms with E-state index in [1.165, 1.54) is 0 Å². The molecule has 0 aromatic rings. The van der Waals surface area contributed by atoms with Gasteiger partial charge in [-0.2, -0.15) is 4.40 Å². The Morgan fingerprint density at radius 2 is 1.59 bits per heavy atom. The number of ether oxygens (including phenoxy) is 1. The van der Waals surface area contributed by atoms with Crippen LogP contribution in [-0.4, -0.2) is 59.3 Å². The second kappa shape index (κ2) is 13.5. The molecule has 6 nitrogen and oxygen atoms in total. The molecule has 0 rings (SSSR count). The van der Waals surface area contributed by atoms with Crippen molar-refractivity contribution in [1.29, 1.82) is 0 Å². The summed E-state index contributed by atoms with van der Waals surface area (Å²) in [6.07, 6.45) is 4.71. The quantitative estimate of drug-likeness (QED) is 0.154. The minimum Gasteiger partial charge on any atom is -0.444 e. The van der Waals surface area contributed by atoms with Crippen molar-refractivity contribution in [1.82, 2.24) is 4.90 Å². The van der Waals surface area contributed by atoms with E-state index in [1.807, 2.05) is 46.4 Å². The lowest BCUT2D eigenvalue weighted by Crippen LogP contribution is -2.49. The van der Waals surface area contributed by atoms with Gasteiger partial charge < -0.3 is 14.1 Å². The summed E-state index contributed by atoms with van der Waals surface area (Å²) in [5.74, 6) is 0.478. The summed E-state index contributed by atoms with van der Waals surface area (Å²) in [7, 11) is -3.22. The van der Waals surface area contributed by atoms with E-state index in [0.717, 1.165) is 19.3 Å². The van der Waals surface area contributed by atoms with E-state index in [-0.39, 0.29) is 21.9 Å². The molecule has 0 aliphatic rings. The van der Waals surface area contributed by atoms with E-state index in [9.17, 15) is 9.00 Å². The van der Waals surface area contributed by atoms with Gasteiger partial charge in [0.05, 0.1) is 17.4 Å². The first-order valence-electron chi connectivity index (χ1n) is 12.8. The van der Waals surface area contributed by atoms with Gasteiger partial charge in [0.2, 0.25) is 0 Å². The number of carbonyl (C=O) groups excluding carboxylic acids is 1. The summed E-state index contributed by atoms with van der Waals surface area (Å²) < 4.78 is 28.4. The fourth-order valence-electron chi connectivity index (χ4n) is 2.71. The summed E-state index contributed by atoms with van der Waals surface area (Å²) in [6.45, 7) is 28.1. The number of unbranched alkanes of at least 4 members (excludes halogenated alkanes) is 1. The molecule has 0 aliphatic carbocycles. The fraction of sp³-hybridized carbons (Fsp3) is 0.923. The van der Waals surface area contributed by atoms with Crippen LogP contribution in [0.2, 0.25) is 18.1 Å². The number of rotatable bonds is 12. The van der Waals surface area contributed by atoms with E-state index in [0.29, 0.717) is 25.5 Å². The van der Waals surface area contributed by atoms with Gasteiger partial charge in [-0.15, -0.1) is 0 Å². The van der Waals surface area contributed by atoms with Gasteiger partial charge in [0, 0.05) is 12.8 Å². The Morgan fingerprint density at radius 3 is 2.03 bits per heavy atom. The van der Waals surface area contributed by atoms with E-state index in [1.54, 1.807) is 6.21 Å². The number of hydrogen-bond donors (Lipinski definition) is 0. The number of amides is 1. The van der Waals surface area contributed by atoms with Crippen molar-refractivity contribution in [2.24, 2.45) is 10.3 Å². The molecular weight excluding hydrogens is 464 g/mol. The summed E-state index contributed by atoms with van der Waals surface area (Å²) >= 11 is 0. The van der Waals surface area contributed by atoms with Gasteiger partial charge in [0.15, 0.2) is 8.32 Å². The monoisotopic (exact) mass is 518 g/mol. The lowest BCUT2D eigenvalue weighted by molar-refractivity contribution is 0.00773. The van der Waals surface area contributed by atoms with Gasteiger partial charge in [-0.1, -0.05) is 34.6 Å². The first kappa shape index (κ1) is 33.3. The first-order valence-corrected chi connectivity index (χ1v) is 16.8. The van der Waals surface area contributed by atoms with Crippen LogP contribution in [0.4, 0.5) is 4.79 Å². The minimum absolute atomic E-state index is 0.0794. The van der Waals surface area contributed by atoms with Crippen LogP contribution >= 0.6 is 0 Å². The van der Waals surface area contributed by atoms with E-state index < -0.39 is 24.9 Å². The third-order valence-electron chi connectivity index (χ3n) is 6.02. The van der Waals surface area contributed by atoms with Crippen LogP contribution in [0, 0.1) is 5.92 Å². The second-order valence-corrected chi connectivity index (χ2v) is 19.9. The van der Waals surface area contributed by atoms with Gasteiger partial charge >= 0.3 is 6.09 Å². The summed E-state index contributed by atoms with van der Waals surface area (Å²) in [5, 5.41) is 0.0932. The Morgan fingerprint density at radius 1 is 1.03 bits per heavy atom. The molecule has 0 heterocycles. The Labute approximate surface area is 214 Å².